The van der Waals surface area contributed by atoms with E-state index in [1.54, 1.807) is 12.1 Å². The van der Waals surface area contributed by atoms with Crippen LogP contribution in [0.4, 0.5) is 15.9 Å². The number of fused-ring (bicyclic) bond motifs is 1. The number of benzene rings is 1. The van der Waals surface area contributed by atoms with Crippen LogP contribution in [0.5, 0.6) is 6.01 Å². The number of halogens is 1. The minimum atomic E-state index is -0.781. The molecule has 4 rings (SSSR count). The fourth-order valence-corrected chi connectivity index (χ4v) is 4.65. The first-order valence-electron chi connectivity index (χ1n) is 10.4. The van der Waals surface area contributed by atoms with Gasteiger partial charge in [0.2, 0.25) is 0 Å². The van der Waals surface area contributed by atoms with Crippen LogP contribution in [0.2, 0.25) is 0 Å². The zero-order valence-electron chi connectivity index (χ0n) is 17.3. The number of aliphatic carboxylic acids is 1. The average Bonchev–Trinajstić information content (AvgIpc) is 2.74. The monoisotopic (exact) mass is 428 g/mol. The van der Waals surface area contributed by atoms with Crippen LogP contribution in [0.25, 0.3) is 0 Å². The third kappa shape index (κ3) is 4.17. The van der Waals surface area contributed by atoms with E-state index in [4.69, 9.17) is 15.6 Å². The van der Waals surface area contributed by atoms with Gasteiger partial charge in [-0.1, -0.05) is 6.07 Å². The van der Waals surface area contributed by atoms with Crippen molar-refractivity contribution in [3.63, 3.8) is 0 Å². The van der Waals surface area contributed by atoms with E-state index in [1.807, 2.05) is 0 Å². The Balaban J connectivity index is 1.51. The number of methoxy groups -OCH3 is 1. The van der Waals surface area contributed by atoms with E-state index in [1.165, 1.54) is 18.1 Å². The predicted molar refractivity (Wildman–Crippen MR) is 112 cm³/mol. The number of amides is 1. The molecule has 2 aliphatic rings. The maximum atomic E-state index is 15.0. The summed E-state index contributed by atoms with van der Waals surface area (Å²) >= 11 is 0. The lowest BCUT2D eigenvalue weighted by Gasteiger charge is -2.30. The van der Waals surface area contributed by atoms with E-state index in [0.717, 1.165) is 25.7 Å². The van der Waals surface area contributed by atoms with Gasteiger partial charge >= 0.3 is 12.0 Å². The lowest BCUT2D eigenvalue weighted by atomic mass is 9.77. The number of nitrogens with zero attached hydrogens (tertiary/aromatic N) is 3. The number of nitrogens with two attached hydrogens (primary N) is 1. The van der Waals surface area contributed by atoms with Gasteiger partial charge in [-0.3, -0.25) is 9.59 Å². The highest BCUT2D eigenvalue weighted by molar-refractivity contribution is 6.10. The molecule has 2 heterocycles. The van der Waals surface area contributed by atoms with Crippen molar-refractivity contribution in [1.29, 1.82) is 0 Å². The number of ether oxygens (including phenoxy) is 1. The molecule has 0 unspecified atom stereocenters. The van der Waals surface area contributed by atoms with Crippen molar-refractivity contribution in [3.8, 4) is 6.01 Å². The number of nitrogen functional groups attached to an aromatic ring is 1. The molecule has 1 aliphatic heterocycles. The lowest BCUT2D eigenvalue weighted by Crippen LogP contribution is -2.39. The van der Waals surface area contributed by atoms with Crippen molar-refractivity contribution in [2.24, 2.45) is 5.92 Å². The molecule has 0 saturated heterocycles. The van der Waals surface area contributed by atoms with Crippen molar-refractivity contribution >= 4 is 23.4 Å². The lowest BCUT2D eigenvalue weighted by molar-refractivity contribution is -0.138. The van der Waals surface area contributed by atoms with Crippen molar-refractivity contribution in [2.45, 2.75) is 44.4 Å². The maximum Gasteiger partial charge on any atom is 0.318 e. The molecular weight excluding hydrogens is 403 g/mol. The second kappa shape index (κ2) is 8.49. The van der Waals surface area contributed by atoms with Gasteiger partial charge in [0, 0.05) is 25.1 Å². The molecule has 1 fully saturated rings. The number of hydrogen-bond donors (Lipinski definition) is 2. The van der Waals surface area contributed by atoms with Crippen molar-refractivity contribution in [2.75, 3.05) is 24.3 Å². The smallest absolute Gasteiger partial charge is 0.318 e. The number of carboxylic acid groups (broad SMARTS) is 1. The maximum absolute atomic E-state index is 15.0. The van der Waals surface area contributed by atoms with Gasteiger partial charge < -0.3 is 20.5 Å². The number of carboxylic acids is 1. The van der Waals surface area contributed by atoms with Gasteiger partial charge in [0.1, 0.15) is 17.2 Å². The Morgan fingerprint density at radius 1 is 1.29 bits per heavy atom. The van der Waals surface area contributed by atoms with Crippen LogP contribution in [0.1, 0.15) is 59.6 Å². The van der Waals surface area contributed by atoms with Crippen LogP contribution in [-0.2, 0) is 11.2 Å². The van der Waals surface area contributed by atoms with Crippen LogP contribution >= 0.6 is 0 Å². The molecule has 1 saturated carbocycles. The summed E-state index contributed by atoms with van der Waals surface area (Å²) in [5.74, 6) is -1.22. The van der Waals surface area contributed by atoms with Gasteiger partial charge in [0.15, 0.2) is 0 Å². The molecule has 0 atom stereocenters. The third-order valence-corrected chi connectivity index (χ3v) is 6.25. The Hall–Kier alpha value is -3.23. The van der Waals surface area contributed by atoms with Crippen molar-refractivity contribution in [3.05, 3.63) is 40.8 Å². The van der Waals surface area contributed by atoms with Gasteiger partial charge in [0.25, 0.3) is 5.91 Å². The van der Waals surface area contributed by atoms with Gasteiger partial charge in [0.05, 0.1) is 12.8 Å². The molecule has 31 heavy (non-hydrogen) atoms. The number of carbonyl (C=O) groups is 2. The normalized spacial score (nSPS) is 21.0. The predicted octanol–water partition coefficient (Wildman–Crippen LogP) is 3.16. The molecule has 164 valence electrons. The Bertz CT molecular complexity index is 1020. The highest BCUT2D eigenvalue weighted by Crippen LogP contribution is 2.39. The Morgan fingerprint density at radius 2 is 2.03 bits per heavy atom. The Kier molecular flexibility index (Phi) is 5.75. The fraction of sp³-hybridized carbons (Fsp3) is 0.455. The largest absolute Gasteiger partial charge is 0.481 e. The minimum Gasteiger partial charge on any atom is -0.481 e. The quantitative estimate of drug-likeness (QED) is 0.751. The summed E-state index contributed by atoms with van der Waals surface area (Å²) in [7, 11) is 1.43. The molecule has 0 bridgehead atoms. The Labute approximate surface area is 179 Å². The number of rotatable bonds is 5. The molecular formula is C22H25FN4O4. The first kappa shape index (κ1) is 21.0. The van der Waals surface area contributed by atoms with Gasteiger partial charge in [-0.15, -0.1) is 0 Å². The van der Waals surface area contributed by atoms with Crippen molar-refractivity contribution in [1.82, 2.24) is 9.97 Å². The molecule has 1 amide bonds. The zero-order valence-corrected chi connectivity index (χ0v) is 17.3. The second-order valence-corrected chi connectivity index (χ2v) is 8.15. The number of aromatic nitrogens is 2. The average molecular weight is 428 g/mol. The minimum absolute atomic E-state index is 0.0479. The van der Waals surface area contributed by atoms with E-state index in [2.05, 4.69) is 9.97 Å². The topological polar surface area (TPSA) is 119 Å². The summed E-state index contributed by atoms with van der Waals surface area (Å²) in [5, 5.41) is 8.96. The highest BCUT2D eigenvalue weighted by atomic mass is 19.1. The molecule has 1 aliphatic carbocycles. The third-order valence-electron chi connectivity index (χ3n) is 6.25. The van der Waals surface area contributed by atoms with Gasteiger partial charge in [-0.05, 0) is 55.2 Å². The van der Waals surface area contributed by atoms with Crippen molar-refractivity contribution < 1.29 is 23.8 Å². The van der Waals surface area contributed by atoms with E-state index in [0.29, 0.717) is 29.9 Å². The van der Waals surface area contributed by atoms with Gasteiger partial charge in [-0.25, -0.2) is 4.39 Å². The zero-order chi connectivity index (χ0) is 22.1. The van der Waals surface area contributed by atoms with E-state index in [9.17, 15) is 14.0 Å². The summed E-state index contributed by atoms with van der Waals surface area (Å²) in [6.07, 6.45) is 3.72. The summed E-state index contributed by atoms with van der Waals surface area (Å²) in [6, 6.07) is 5.00. The van der Waals surface area contributed by atoms with Crippen LogP contribution in [-0.4, -0.2) is 40.6 Å². The number of hydrogen-bond acceptors (Lipinski definition) is 6. The number of carbonyl (C=O) groups excluding carboxylic acids is 1. The molecule has 3 N–H and O–H groups in total. The van der Waals surface area contributed by atoms with Crippen LogP contribution in [0.3, 0.4) is 0 Å². The summed E-state index contributed by atoms with van der Waals surface area (Å²) in [6.45, 7) is 0.352. The van der Waals surface area contributed by atoms with Gasteiger partial charge in [-0.2, -0.15) is 9.97 Å². The standard InChI is InChI=1S/C22H25FN4O4/c1-31-22-25-17-8-9-27(21(30)19(17)20(24)26-22)14-6-7-15(16(23)11-14)13-4-2-12(3-5-13)10-18(28)29/h6-7,11-13H,2-5,8-10H2,1H3,(H,28,29)(H2,24,25,26)/t12-,13-. The molecule has 1 aromatic heterocycles. The second-order valence-electron chi connectivity index (χ2n) is 8.15. The molecule has 0 spiro atoms. The molecule has 0 radical (unpaired) electrons. The highest BCUT2D eigenvalue weighted by Gasteiger charge is 2.31. The summed E-state index contributed by atoms with van der Waals surface area (Å²) < 4.78 is 20.0. The molecule has 2 aromatic rings. The number of anilines is 2. The van der Waals surface area contributed by atoms with Crippen LogP contribution in [0, 0.1) is 11.7 Å². The first-order chi connectivity index (χ1) is 14.9. The van der Waals surface area contributed by atoms with E-state index in [-0.39, 0.29) is 47.4 Å². The van der Waals surface area contributed by atoms with E-state index >= 15 is 0 Å². The van der Waals surface area contributed by atoms with Crippen LogP contribution in [0.15, 0.2) is 18.2 Å². The molecule has 8 nitrogen and oxygen atoms in total. The summed E-state index contributed by atoms with van der Waals surface area (Å²) in [4.78, 5) is 33.6. The molecule has 1 aromatic carbocycles. The van der Waals surface area contributed by atoms with Crippen LogP contribution < -0.4 is 15.4 Å². The first-order valence-corrected chi connectivity index (χ1v) is 10.4. The Morgan fingerprint density at radius 3 is 2.68 bits per heavy atom. The SMILES string of the molecule is COc1nc(N)c2c(n1)CCN(c1ccc([C@H]3CC[C@H](CC(=O)O)CC3)c(F)c1)C2=O. The van der Waals surface area contributed by atoms with E-state index < -0.39 is 5.97 Å². The molecule has 9 heteroatoms. The summed E-state index contributed by atoms with van der Waals surface area (Å²) in [5.41, 5.74) is 7.80. The fourth-order valence-electron chi connectivity index (χ4n) is 4.65.